The summed E-state index contributed by atoms with van der Waals surface area (Å²) in [7, 11) is -4.22. The first-order chi connectivity index (χ1) is 18.8. The fraction of sp³-hybridized carbons (Fsp3) is 0.333. The Bertz CT molecular complexity index is 1460. The van der Waals surface area contributed by atoms with Crippen molar-refractivity contribution in [3.63, 3.8) is 0 Å². The van der Waals surface area contributed by atoms with E-state index in [0.29, 0.717) is 11.6 Å². The van der Waals surface area contributed by atoms with E-state index in [1.165, 1.54) is 48.2 Å². The van der Waals surface area contributed by atoms with Crippen molar-refractivity contribution >= 4 is 39.1 Å². The molecule has 0 fully saturated rings. The molecule has 0 aliphatic heterocycles. The maximum Gasteiger partial charge on any atom is 0.264 e. The molecule has 10 heteroatoms. The van der Waals surface area contributed by atoms with E-state index >= 15 is 0 Å². The maximum absolute atomic E-state index is 14.6. The molecule has 0 heterocycles. The molecule has 0 aliphatic rings. The van der Waals surface area contributed by atoms with Crippen LogP contribution in [-0.2, 0) is 26.2 Å². The predicted molar refractivity (Wildman–Crippen MR) is 156 cm³/mol. The van der Waals surface area contributed by atoms with Gasteiger partial charge in [-0.05, 0) is 62.6 Å². The smallest absolute Gasteiger partial charge is 0.264 e. The Morgan fingerprint density at radius 2 is 1.62 bits per heavy atom. The molecular weight excluding hydrogens is 553 g/mol. The van der Waals surface area contributed by atoms with Crippen LogP contribution in [0.2, 0.25) is 5.02 Å². The molecule has 0 aliphatic carbocycles. The van der Waals surface area contributed by atoms with Crippen molar-refractivity contribution in [2.45, 2.75) is 52.1 Å². The molecule has 214 valence electrons. The van der Waals surface area contributed by atoms with Gasteiger partial charge >= 0.3 is 0 Å². The Morgan fingerprint density at radius 3 is 2.23 bits per heavy atom. The number of halogens is 2. The van der Waals surface area contributed by atoms with Crippen molar-refractivity contribution in [3.8, 4) is 0 Å². The highest BCUT2D eigenvalue weighted by Gasteiger charge is 2.33. The summed E-state index contributed by atoms with van der Waals surface area (Å²) in [5.41, 5.74) is 2.00. The van der Waals surface area contributed by atoms with Gasteiger partial charge in [0.15, 0.2) is 0 Å². The Labute approximate surface area is 241 Å². The van der Waals surface area contributed by atoms with Crippen LogP contribution in [0.25, 0.3) is 0 Å². The summed E-state index contributed by atoms with van der Waals surface area (Å²) in [6, 6.07) is 15.9. The molecule has 0 bridgehead atoms. The van der Waals surface area contributed by atoms with E-state index in [9.17, 15) is 22.4 Å². The molecule has 40 heavy (non-hydrogen) atoms. The maximum atomic E-state index is 14.6. The number of hydrogen-bond donors (Lipinski definition) is 1. The molecule has 0 spiro atoms. The quantitative estimate of drug-likeness (QED) is 0.322. The standard InChI is InChI=1S/C30H35ClFN3O4S/c1-20(2)17-33-30(37)23(5)34(18-24-8-6-7-9-28(24)32)29(36)19-35(25-13-12-22(4)27(31)16-25)40(38,39)26-14-10-21(3)11-15-26/h6-16,20,23H,17-19H2,1-5H3,(H,33,37). The number of sulfonamides is 1. The summed E-state index contributed by atoms with van der Waals surface area (Å²) < 4.78 is 43.3. The first-order valence-electron chi connectivity index (χ1n) is 13.0. The third kappa shape index (κ3) is 7.61. The minimum atomic E-state index is -4.22. The van der Waals surface area contributed by atoms with Crippen molar-refractivity contribution in [3.05, 3.63) is 94.3 Å². The lowest BCUT2D eigenvalue weighted by molar-refractivity contribution is -0.139. The molecule has 3 aromatic carbocycles. The lowest BCUT2D eigenvalue weighted by atomic mass is 10.1. The summed E-state index contributed by atoms with van der Waals surface area (Å²) in [6.07, 6.45) is 0. The van der Waals surface area contributed by atoms with Gasteiger partial charge in [-0.2, -0.15) is 0 Å². The van der Waals surface area contributed by atoms with E-state index in [0.717, 1.165) is 15.4 Å². The molecule has 0 aromatic heterocycles. The van der Waals surface area contributed by atoms with E-state index in [2.05, 4.69) is 5.32 Å². The molecule has 1 atom stereocenters. The molecule has 1 N–H and O–H groups in total. The topological polar surface area (TPSA) is 86.8 Å². The van der Waals surface area contributed by atoms with Crippen LogP contribution in [0.3, 0.4) is 0 Å². The monoisotopic (exact) mass is 587 g/mol. The Kier molecular flexibility index (Phi) is 10.3. The van der Waals surface area contributed by atoms with Gasteiger partial charge < -0.3 is 10.2 Å². The minimum Gasteiger partial charge on any atom is -0.354 e. The van der Waals surface area contributed by atoms with Crippen molar-refractivity contribution in [1.29, 1.82) is 0 Å². The van der Waals surface area contributed by atoms with Crippen LogP contribution in [0.1, 0.15) is 37.5 Å². The van der Waals surface area contributed by atoms with Crippen LogP contribution in [0.15, 0.2) is 71.6 Å². The number of rotatable bonds is 11. The van der Waals surface area contributed by atoms with Gasteiger partial charge in [-0.3, -0.25) is 13.9 Å². The highest BCUT2D eigenvalue weighted by atomic mass is 35.5. The lowest BCUT2D eigenvalue weighted by Gasteiger charge is -2.32. The molecular formula is C30H35ClFN3O4S. The van der Waals surface area contributed by atoms with E-state index in [4.69, 9.17) is 11.6 Å². The van der Waals surface area contributed by atoms with Gasteiger partial charge in [0.05, 0.1) is 10.6 Å². The van der Waals surface area contributed by atoms with Crippen LogP contribution >= 0.6 is 11.6 Å². The van der Waals surface area contributed by atoms with Crippen LogP contribution in [-0.4, -0.2) is 44.3 Å². The summed E-state index contributed by atoms with van der Waals surface area (Å²) >= 11 is 6.34. The van der Waals surface area contributed by atoms with Gasteiger partial charge in [0.2, 0.25) is 11.8 Å². The normalized spacial score (nSPS) is 12.2. The van der Waals surface area contributed by atoms with Gasteiger partial charge in [0, 0.05) is 23.7 Å². The van der Waals surface area contributed by atoms with E-state index in [-0.39, 0.29) is 28.6 Å². The Balaban J connectivity index is 2.05. The predicted octanol–water partition coefficient (Wildman–Crippen LogP) is 5.48. The molecule has 0 radical (unpaired) electrons. The number of hydrogen-bond acceptors (Lipinski definition) is 4. The lowest BCUT2D eigenvalue weighted by Crippen LogP contribution is -2.51. The van der Waals surface area contributed by atoms with Crippen molar-refractivity contribution in [2.75, 3.05) is 17.4 Å². The second-order valence-corrected chi connectivity index (χ2v) is 12.5. The zero-order valence-corrected chi connectivity index (χ0v) is 24.9. The zero-order chi connectivity index (χ0) is 29.6. The number of carbonyl (C=O) groups excluding carboxylic acids is 2. The fourth-order valence-electron chi connectivity index (χ4n) is 3.95. The average molecular weight is 588 g/mol. The van der Waals surface area contributed by atoms with E-state index in [1.807, 2.05) is 20.8 Å². The zero-order valence-electron chi connectivity index (χ0n) is 23.3. The Hall–Kier alpha value is -3.43. The number of amides is 2. The van der Waals surface area contributed by atoms with Crippen LogP contribution < -0.4 is 9.62 Å². The summed E-state index contributed by atoms with van der Waals surface area (Å²) in [5, 5.41) is 3.13. The van der Waals surface area contributed by atoms with Crippen molar-refractivity contribution < 1.29 is 22.4 Å². The van der Waals surface area contributed by atoms with Gasteiger partial charge in [-0.15, -0.1) is 0 Å². The number of nitrogens with one attached hydrogen (secondary N) is 1. The highest BCUT2D eigenvalue weighted by Crippen LogP contribution is 2.29. The SMILES string of the molecule is Cc1ccc(S(=O)(=O)N(CC(=O)N(Cc2ccccc2F)C(C)C(=O)NCC(C)C)c2ccc(C)c(Cl)c2)cc1. The number of anilines is 1. The van der Waals surface area contributed by atoms with Crippen LogP contribution in [0.5, 0.6) is 0 Å². The fourth-order valence-corrected chi connectivity index (χ4v) is 5.53. The average Bonchev–Trinajstić information content (AvgIpc) is 2.91. The molecule has 3 aromatic rings. The van der Waals surface area contributed by atoms with Crippen molar-refractivity contribution in [2.24, 2.45) is 5.92 Å². The third-order valence-corrected chi connectivity index (χ3v) is 8.68. The second-order valence-electron chi connectivity index (χ2n) is 10.2. The molecule has 0 saturated carbocycles. The summed E-state index contributed by atoms with van der Waals surface area (Å²) in [4.78, 5) is 28.1. The molecule has 0 saturated heterocycles. The minimum absolute atomic E-state index is 0.00836. The van der Waals surface area contributed by atoms with E-state index < -0.39 is 40.2 Å². The largest absolute Gasteiger partial charge is 0.354 e. The summed E-state index contributed by atoms with van der Waals surface area (Å²) in [6.45, 7) is 8.56. The first-order valence-corrected chi connectivity index (χ1v) is 14.8. The number of aryl methyl sites for hydroxylation is 2. The number of benzene rings is 3. The van der Waals surface area contributed by atoms with Crippen LogP contribution in [0.4, 0.5) is 10.1 Å². The first kappa shape index (κ1) is 31.1. The Morgan fingerprint density at radius 1 is 0.975 bits per heavy atom. The second kappa shape index (κ2) is 13.3. The van der Waals surface area contributed by atoms with Gasteiger partial charge in [-0.25, -0.2) is 12.8 Å². The van der Waals surface area contributed by atoms with Gasteiger partial charge in [0.1, 0.15) is 18.4 Å². The van der Waals surface area contributed by atoms with Gasteiger partial charge in [-0.1, -0.05) is 67.4 Å². The molecule has 1 unspecified atom stereocenters. The molecule has 2 amide bonds. The number of nitrogens with zero attached hydrogens (tertiary/aromatic N) is 2. The molecule has 3 rings (SSSR count). The third-order valence-electron chi connectivity index (χ3n) is 6.48. The number of carbonyl (C=O) groups is 2. The van der Waals surface area contributed by atoms with E-state index in [1.54, 1.807) is 37.3 Å². The van der Waals surface area contributed by atoms with Crippen molar-refractivity contribution in [1.82, 2.24) is 10.2 Å². The van der Waals surface area contributed by atoms with Crippen LogP contribution in [0, 0.1) is 25.6 Å². The summed E-state index contributed by atoms with van der Waals surface area (Å²) in [5.74, 6) is -1.47. The highest BCUT2D eigenvalue weighted by molar-refractivity contribution is 7.92. The molecule has 7 nitrogen and oxygen atoms in total. The van der Waals surface area contributed by atoms with Gasteiger partial charge in [0.25, 0.3) is 10.0 Å².